The van der Waals surface area contributed by atoms with Crippen LogP contribution in [0, 0.1) is 11.3 Å². The van der Waals surface area contributed by atoms with E-state index in [1.165, 1.54) is 24.4 Å². The number of hydrogen-bond acceptors (Lipinski definition) is 6. The molecule has 0 aliphatic heterocycles. The number of hydrogen-bond donors (Lipinski definition) is 1. The number of aromatic nitrogens is 1. The van der Waals surface area contributed by atoms with E-state index >= 15 is 0 Å². The number of amides is 1. The topological polar surface area (TPSA) is 109 Å². The van der Waals surface area contributed by atoms with Crippen molar-refractivity contribution in [3.05, 3.63) is 66.0 Å². The zero-order chi connectivity index (χ0) is 18.7. The minimum atomic E-state index is -3.70. The van der Waals surface area contributed by atoms with Crippen LogP contribution in [0.3, 0.4) is 0 Å². The third kappa shape index (κ3) is 3.79. The van der Waals surface area contributed by atoms with Gasteiger partial charge in [-0.15, -0.1) is 0 Å². The minimum Gasteiger partial charge on any atom is -0.454 e. The van der Waals surface area contributed by atoms with E-state index in [-0.39, 0.29) is 16.9 Å². The highest BCUT2D eigenvalue weighted by Crippen LogP contribution is 2.31. The second kappa shape index (κ2) is 6.82. The molecule has 26 heavy (non-hydrogen) atoms. The van der Waals surface area contributed by atoms with Crippen LogP contribution < -0.4 is 9.46 Å². The maximum atomic E-state index is 11.9. The Morgan fingerprint density at radius 1 is 1.15 bits per heavy atom. The zero-order valence-corrected chi connectivity index (χ0v) is 14.4. The normalized spacial score (nSPS) is 10.9. The van der Waals surface area contributed by atoms with Crippen molar-refractivity contribution in [2.24, 2.45) is 0 Å². The summed E-state index contributed by atoms with van der Waals surface area (Å²) in [6.07, 6.45) is 4.11. The molecule has 0 fully saturated rings. The Balaban J connectivity index is 1.96. The molecule has 3 aromatic rings. The predicted molar refractivity (Wildman–Crippen MR) is 95.3 cm³/mol. The van der Waals surface area contributed by atoms with Crippen molar-refractivity contribution in [2.75, 3.05) is 6.26 Å². The summed E-state index contributed by atoms with van der Waals surface area (Å²) in [7, 11) is -3.70. The number of rotatable bonds is 4. The van der Waals surface area contributed by atoms with Gasteiger partial charge in [-0.05, 0) is 18.2 Å². The molecule has 1 heterocycles. The van der Waals surface area contributed by atoms with Crippen molar-refractivity contribution in [3.8, 4) is 17.6 Å². The molecule has 0 radical (unpaired) electrons. The van der Waals surface area contributed by atoms with Crippen LogP contribution in [-0.4, -0.2) is 25.6 Å². The SMILES string of the molecule is CS(=O)(=O)NC(=O)c1ccc(Oc2cncc3ccccc23)c(C#N)c1. The van der Waals surface area contributed by atoms with Crippen LogP contribution in [0.2, 0.25) is 0 Å². The summed E-state index contributed by atoms with van der Waals surface area (Å²) in [6, 6.07) is 13.5. The number of sulfonamides is 1. The smallest absolute Gasteiger partial charge is 0.264 e. The number of fused-ring (bicyclic) bond motifs is 1. The lowest BCUT2D eigenvalue weighted by Gasteiger charge is -2.11. The minimum absolute atomic E-state index is 0.0374. The third-order valence-electron chi connectivity index (χ3n) is 3.49. The van der Waals surface area contributed by atoms with Crippen molar-refractivity contribution < 1.29 is 17.9 Å². The van der Waals surface area contributed by atoms with Crippen molar-refractivity contribution in [1.82, 2.24) is 9.71 Å². The number of pyridine rings is 1. The fourth-order valence-electron chi connectivity index (χ4n) is 2.36. The standard InChI is InChI=1S/C18H13N3O4S/c1-26(23,24)21-18(22)12-6-7-16(14(8-12)9-19)25-17-11-20-10-13-4-2-3-5-15(13)17/h2-8,10-11H,1H3,(H,21,22). The predicted octanol–water partition coefficient (Wildman–Crippen LogP) is 2.59. The Morgan fingerprint density at radius 2 is 1.92 bits per heavy atom. The summed E-state index contributed by atoms with van der Waals surface area (Å²) in [4.78, 5) is 16.0. The maximum Gasteiger partial charge on any atom is 0.264 e. The van der Waals surface area contributed by atoms with Crippen LogP contribution in [0.4, 0.5) is 0 Å². The van der Waals surface area contributed by atoms with Gasteiger partial charge < -0.3 is 4.74 Å². The van der Waals surface area contributed by atoms with Crippen LogP contribution in [0.5, 0.6) is 11.5 Å². The van der Waals surface area contributed by atoms with Gasteiger partial charge in [0.1, 0.15) is 11.8 Å². The first-order chi connectivity index (χ1) is 12.4. The van der Waals surface area contributed by atoms with E-state index in [4.69, 9.17) is 4.74 Å². The van der Waals surface area contributed by atoms with Gasteiger partial charge in [-0.3, -0.25) is 9.78 Å². The first kappa shape index (κ1) is 17.4. The molecule has 1 aromatic heterocycles. The lowest BCUT2D eigenvalue weighted by Crippen LogP contribution is -2.29. The number of nitriles is 1. The van der Waals surface area contributed by atoms with Crippen LogP contribution in [0.1, 0.15) is 15.9 Å². The molecule has 1 N–H and O–H groups in total. The van der Waals surface area contributed by atoms with Crippen LogP contribution >= 0.6 is 0 Å². The molecule has 0 aliphatic rings. The molecule has 0 saturated heterocycles. The van der Waals surface area contributed by atoms with Crippen molar-refractivity contribution in [1.29, 1.82) is 5.26 Å². The largest absolute Gasteiger partial charge is 0.454 e. The summed E-state index contributed by atoms with van der Waals surface area (Å²) in [5.74, 6) is -0.114. The summed E-state index contributed by atoms with van der Waals surface area (Å²) in [5, 5.41) is 11.1. The number of benzene rings is 2. The van der Waals surface area contributed by atoms with Crippen molar-refractivity contribution in [2.45, 2.75) is 0 Å². The second-order valence-corrected chi connectivity index (χ2v) is 7.24. The number of nitrogens with one attached hydrogen (secondary N) is 1. The average molecular weight is 367 g/mol. The molecule has 0 spiro atoms. The van der Waals surface area contributed by atoms with Crippen LogP contribution in [-0.2, 0) is 10.0 Å². The molecule has 0 aliphatic carbocycles. The number of carbonyl (C=O) groups is 1. The molecule has 0 atom stereocenters. The summed E-state index contributed by atoms with van der Waals surface area (Å²) in [5.41, 5.74) is 0.134. The van der Waals surface area contributed by atoms with Gasteiger partial charge in [0.15, 0.2) is 5.75 Å². The third-order valence-corrected chi connectivity index (χ3v) is 4.05. The molecule has 0 bridgehead atoms. The number of nitrogens with zero attached hydrogens (tertiary/aromatic N) is 2. The molecule has 0 saturated carbocycles. The molecule has 2 aromatic carbocycles. The molecular weight excluding hydrogens is 354 g/mol. The highest BCUT2D eigenvalue weighted by atomic mass is 32.2. The van der Waals surface area contributed by atoms with E-state index in [0.717, 1.165) is 17.0 Å². The quantitative estimate of drug-likeness (QED) is 0.759. The Kier molecular flexibility index (Phi) is 4.56. The van der Waals surface area contributed by atoms with Gasteiger partial charge >= 0.3 is 0 Å². The van der Waals surface area contributed by atoms with E-state index in [1.54, 1.807) is 6.20 Å². The van der Waals surface area contributed by atoms with E-state index < -0.39 is 15.9 Å². The molecule has 8 heteroatoms. The van der Waals surface area contributed by atoms with Crippen LogP contribution in [0.25, 0.3) is 10.8 Å². The first-order valence-corrected chi connectivity index (χ1v) is 9.33. The van der Waals surface area contributed by atoms with Gasteiger partial charge in [0.25, 0.3) is 5.91 Å². The average Bonchev–Trinajstić information content (AvgIpc) is 2.61. The Bertz CT molecular complexity index is 1150. The fourth-order valence-corrected chi connectivity index (χ4v) is 2.82. The maximum absolute atomic E-state index is 11.9. The summed E-state index contributed by atoms with van der Waals surface area (Å²) in [6.45, 7) is 0. The van der Waals surface area contributed by atoms with Gasteiger partial charge in [0.2, 0.25) is 10.0 Å². The van der Waals surface area contributed by atoms with E-state index in [0.29, 0.717) is 5.75 Å². The van der Waals surface area contributed by atoms with E-state index in [2.05, 4.69) is 4.98 Å². The molecule has 3 rings (SSSR count). The monoisotopic (exact) mass is 367 g/mol. The second-order valence-electron chi connectivity index (χ2n) is 5.49. The van der Waals surface area contributed by atoms with Crippen molar-refractivity contribution in [3.63, 3.8) is 0 Å². The lowest BCUT2D eigenvalue weighted by molar-refractivity contribution is 0.0981. The molecule has 1 amide bonds. The Hall–Kier alpha value is -3.44. The lowest BCUT2D eigenvalue weighted by atomic mass is 10.1. The van der Waals surface area contributed by atoms with Gasteiger partial charge in [0, 0.05) is 22.5 Å². The Morgan fingerprint density at radius 3 is 2.65 bits per heavy atom. The van der Waals surface area contributed by atoms with Crippen molar-refractivity contribution >= 4 is 26.7 Å². The van der Waals surface area contributed by atoms with Gasteiger partial charge in [-0.1, -0.05) is 24.3 Å². The highest BCUT2D eigenvalue weighted by molar-refractivity contribution is 7.89. The van der Waals surface area contributed by atoms with E-state index in [9.17, 15) is 18.5 Å². The first-order valence-electron chi connectivity index (χ1n) is 7.44. The van der Waals surface area contributed by atoms with Crippen LogP contribution in [0.15, 0.2) is 54.9 Å². The summed E-state index contributed by atoms with van der Waals surface area (Å²) < 4.78 is 30.0. The van der Waals surface area contributed by atoms with E-state index in [1.807, 2.05) is 35.1 Å². The molecule has 0 unspecified atom stereocenters. The molecule has 7 nitrogen and oxygen atoms in total. The molecule has 130 valence electrons. The number of carbonyl (C=O) groups excluding carboxylic acids is 1. The van der Waals surface area contributed by atoms with Gasteiger partial charge in [-0.2, -0.15) is 5.26 Å². The van der Waals surface area contributed by atoms with Gasteiger partial charge in [-0.25, -0.2) is 13.1 Å². The fraction of sp³-hybridized carbons (Fsp3) is 0.0556. The number of ether oxygens (including phenoxy) is 1. The zero-order valence-electron chi connectivity index (χ0n) is 13.6. The summed E-state index contributed by atoms with van der Waals surface area (Å²) >= 11 is 0. The van der Waals surface area contributed by atoms with Gasteiger partial charge in [0.05, 0.1) is 18.0 Å². The molecular formula is C18H13N3O4S. The Labute approximate surface area is 149 Å². The highest BCUT2D eigenvalue weighted by Gasteiger charge is 2.15.